The number of nitrogens with zero attached hydrogens (tertiary/aromatic N) is 6. The van der Waals surface area contributed by atoms with Crippen LogP contribution < -0.4 is 16.0 Å². The van der Waals surface area contributed by atoms with E-state index in [2.05, 4.69) is 25.4 Å². The number of nitrogens with one attached hydrogen (secondary N) is 1. The molecule has 0 aliphatic carbocycles. The molecule has 1 aliphatic heterocycles. The average molecular weight is 491 g/mol. The summed E-state index contributed by atoms with van der Waals surface area (Å²) in [7, 11) is 0. The van der Waals surface area contributed by atoms with E-state index in [4.69, 9.17) is 27.1 Å². The molecule has 0 atom stereocenters. The van der Waals surface area contributed by atoms with E-state index >= 15 is 0 Å². The summed E-state index contributed by atoms with van der Waals surface area (Å²) < 4.78 is 7.29. The molecule has 1 aliphatic rings. The lowest BCUT2D eigenvalue weighted by Gasteiger charge is -2.40. The van der Waals surface area contributed by atoms with Crippen LogP contribution in [0.2, 0.25) is 5.02 Å². The van der Waals surface area contributed by atoms with Crippen LogP contribution in [0.5, 0.6) is 0 Å². The van der Waals surface area contributed by atoms with Gasteiger partial charge in [0.1, 0.15) is 17.7 Å². The van der Waals surface area contributed by atoms with Gasteiger partial charge in [-0.1, -0.05) is 23.4 Å². The van der Waals surface area contributed by atoms with E-state index in [1.165, 1.54) is 11.8 Å². The van der Waals surface area contributed by atoms with E-state index in [0.717, 1.165) is 28.6 Å². The van der Waals surface area contributed by atoms with Crippen molar-refractivity contribution in [2.75, 3.05) is 23.7 Å². The third-order valence-corrected chi connectivity index (χ3v) is 6.91. The van der Waals surface area contributed by atoms with E-state index in [1.807, 2.05) is 32.1 Å². The molecule has 4 rings (SSSR count). The Morgan fingerprint density at radius 2 is 2.00 bits per heavy atom. The summed E-state index contributed by atoms with van der Waals surface area (Å²) in [4.78, 5) is 24.7. The Morgan fingerprint density at radius 3 is 2.70 bits per heavy atom. The molecule has 0 radical (unpaired) electrons. The second-order valence-electron chi connectivity index (χ2n) is 9.23. The third kappa shape index (κ3) is 5.25. The van der Waals surface area contributed by atoms with Crippen LogP contribution in [-0.2, 0) is 4.74 Å². The highest BCUT2D eigenvalue weighted by molar-refractivity contribution is 7.99. The summed E-state index contributed by atoms with van der Waals surface area (Å²) in [6, 6.07) is 1.80. The first-order valence-electron chi connectivity index (χ1n) is 10.6. The summed E-state index contributed by atoms with van der Waals surface area (Å²) in [6.07, 6.45) is 6.14. The molecule has 0 aromatic carbocycles. The van der Waals surface area contributed by atoms with E-state index < -0.39 is 11.7 Å². The number of hydrogen-bond acceptors (Lipinski definition) is 9. The third-order valence-electron chi connectivity index (χ3n) is 5.33. The predicted molar refractivity (Wildman–Crippen MR) is 128 cm³/mol. The zero-order valence-corrected chi connectivity index (χ0v) is 20.6. The number of fused-ring (bicyclic) bond motifs is 1. The van der Waals surface area contributed by atoms with Crippen molar-refractivity contribution in [1.82, 2.24) is 29.9 Å². The molecule has 1 amide bonds. The van der Waals surface area contributed by atoms with Gasteiger partial charge in [0.2, 0.25) is 5.95 Å². The minimum atomic E-state index is -0.531. The number of pyridine rings is 1. The highest BCUT2D eigenvalue weighted by atomic mass is 35.5. The number of piperidine rings is 1. The van der Waals surface area contributed by atoms with Gasteiger partial charge in [-0.3, -0.25) is 0 Å². The van der Waals surface area contributed by atoms with E-state index in [-0.39, 0.29) is 11.4 Å². The second-order valence-corrected chi connectivity index (χ2v) is 10.7. The fraction of sp³-hybridized carbons (Fsp3) is 0.476. The molecular weight excluding hydrogens is 464 g/mol. The molecule has 0 unspecified atom stereocenters. The van der Waals surface area contributed by atoms with Gasteiger partial charge in [0, 0.05) is 35.9 Å². The molecule has 10 nitrogen and oxygen atoms in total. The monoisotopic (exact) mass is 490 g/mol. The van der Waals surface area contributed by atoms with Crippen molar-refractivity contribution in [1.29, 1.82) is 0 Å². The van der Waals surface area contributed by atoms with Crippen molar-refractivity contribution >= 4 is 46.9 Å². The SMILES string of the molecule is CC1(NC(=O)OC(C)(C)C)CCN(c2ncc(Sc3ccnc(N)c3Cl)c3nncn23)CC1. The van der Waals surface area contributed by atoms with Crippen molar-refractivity contribution < 1.29 is 9.53 Å². The molecular formula is C21H27ClN8O2S. The number of ether oxygens (including phenoxy) is 1. The van der Waals surface area contributed by atoms with Gasteiger partial charge in [0.25, 0.3) is 0 Å². The first-order valence-corrected chi connectivity index (χ1v) is 11.8. The Hall–Kier alpha value is -2.79. The molecule has 1 saturated heterocycles. The van der Waals surface area contributed by atoms with Crippen molar-refractivity contribution in [2.45, 2.75) is 61.5 Å². The molecule has 1 fully saturated rings. The number of carbonyl (C=O) groups excluding carboxylic acids is 1. The number of carbonyl (C=O) groups is 1. The van der Waals surface area contributed by atoms with Gasteiger partial charge in [-0.25, -0.2) is 19.2 Å². The molecule has 0 bridgehead atoms. The number of alkyl carbamates (subject to hydrolysis) is 1. The highest BCUT2D eigenvalue weighted by Gasteiger charge is 2.34. The van der Waals surface area contributed by atoms with Crippen LogP contribution in [0.25, 0.3) is 5.65 Å². The van der Waals surface area contributed by atoms with Crippen molar-refractivity contribution in [3.8, 4) is 0 Å². The van der Waals surface area contributed by atoms with Crippen molar-refractivity contribution in [3.63, 3.8) is 0 Å². The topological polar surface area (TPSA) is 124 Å². The Labute approximate surface area is 201 Å². The van der Waals surface area contributed by atoms with Crippen LogP contribution in [0.1, 0.15) is 40.5 Å². The van der Waals surface area contributed by atoms with Crippen molar-refractivity contribution in [2.24, 2.45) is 0 Å². The van der Waals surface area contributed by atoms with Gasteiger partial charge in [0.05, 0.1) is 9.92 Å². The maximum absolute atomic E-state index is 12.3. The number of hydrogen-bond donors (Lipinski definition) is 2. The number of amides is 1. The summed E-state index contributed by atoms with van der Waals surface area (Å²) in [5, 5.41) is 11.8. The molecule has 12 heteroatoms. The Morgan fingerprint density at radius 1 is 1.27 bits per heavy atom. The zero-order chi connectivity index (χ0) is 23.8. The number of nitrogens with two attached hydrogens (primary N) is 1. The summed E-state index contributed by atoms with van der Waals surface area (Å²) in [5.41, 5.74) is 5.62. The molecule has 3 aromatic heterocycles. The van der Waals surface area contributed by atoms with Gasteiger partial charge < -0.3 is 20.7 Å². The van der Waals surface area contributed by atoms with Gasteiger partial charge in [0.15, 0.2) is 5.65 Å². The molecule has 3 aromatic rings. The first-order chi connectivity index (χ1) is 15.5. The van der Waals surface area contributed by atoms with Crippen LogP contribution in [0, 0.1) is 0 Å². The minimum Gasteiger partial charge on any atom is -0.444 e. The highest BCUT2D eigenvalue weighted by Crippen LogP contribution is 2.37. The van der Waals surface area contributed by atoms with Gasteiger partial charge in [-0.15, -0.1) is 10.2 Å². The number of aromatic nitrogens is 5. The largest absolute Gasteiger partial charge is 0.444 e. The molecule has 0 spiro atoms. The first kappa shape index (κ1) is 23.4. The summed E-state index contributed by atoms with van der Waals surface area (Å²) in [6.45, 7) is 9.03. The van der Waals surface area contributed by atoms with Crippen LogP contribution >= 0.6 is 23.4 Å². The lowest BCUT2D eigenvalue weighted by molar-refractivity contribution is 0.0448. The van der Waals surface area contributed by atoms with Crippen molar-refractivity contribution in [3.05, 3.63) is 29.8 Å². The minimum absolute atomic E-state index is 0.278. The van der Waals surface area contributed by atoms with E-state index in [9.17, 15) is 4.79 Å². The van der Waals surface area contributed by atoms with Crippen LogP contribution in [0.3, 0.4) is 0 Å². The number of anilines is 2. The number of halogens is 1. The zero-order valence-electron chi connectivity index (χ0n) is 19.0. The lowest BCUT2D eigenvalue weighted by Crippen LogP contribution is -2.54. The fourth-order valence-corrected chi connectivity index (χ4v) is 4.73. The summed E-state index contributed by atoms with van der Waals surface area (Å²) in [5.74, 6) is 1.03. The molecule has 3 N–H and O–H groups in total. The smallest absolute Gasteiger partial charge is 0.408 e. The molecule has 4 heterocycles. The number of nitrogen functional groups attached to an aromatic ring is 1. The molecule has 0 saturated carbocycles. The Bertz CT molecular complexity index is 1170. The van der Waals surface area contributed by atoms with E-state index in [0.29, 0.717) is 23.8 Å². The fourth-order valence-electron chi connectivity index (χ4n) is 3.61. The maximum atomic E-state index is 12.3. The lowest BCUT2D eigenvalue weighted by atomic mass is 9.90. The van der Waals surface area contributed by atoms with Crippen LogP contribution in [0.4, 0.5) is 16.6 Å². The van der Waals surface area contributed by atoms with Gasteiger partial charge in [-0.2, -0.15) is 0 Å². The Kier molecular flexibility index (Phi) is 6.28. The summed E-state index contributed by atoms with van der Waals surface area (Å²) >= 11 is 7.71. The van der Waals surface area contributed by atoms with Crippen LogP contribution in [-0.4, -0.2) is 54.9 Å². The normalized spacial score (nSPS) is 16.1. The molecule has 176 valence electrons. The standard InChI is InChI=1S/C21H27ClN8O2S/c1-20(2,3)32-19(31)27-21(4)6-9-29(10-7-21)18-25-11-14(17-28-26-12-30(17)18)33-13-5-8-24-16(23)15(13)22/h5,8,11-12H,6-7,9-10H2,1-4H3,(H2,23,24)(H,27,31). The Balaban J connectivity index is 1.49. The second kappa shape index (κ2) is 8.86. The maximum Gasteiger partial charge on any atom is 0.408 e. The van der Waals surface area contributed by atoms with E-state index in [1.54, 1.807) is 24.8 Å². The van der Waals surface area contributed by atoms with Gasteiger partial charge >= 0.3 is 6.09 Å². The molecule has 33 heavy (non-hydrogen) atoms. The average Bonchev–Trinajstić information content (AvgIpc) is 3.21. The van der Waals surface area contributed by atoms with Gasteiger partial charge in [-0.05, 0) is 46.6 Å². The quantitative estimate of drug-likeness (QED) is 0.561. The predicted octanol–water partition coefficient (Wildman–Crippen LogP) is 3.79. The number of rotatable bonds is 4. The van der Waals surface area contributed by atoms with Crippen LogP contribution in [0.15, 0.2) is 34.6 Å².